The molecule has 3 atom stereocenters. The molecule has 2 aliphatic heterocycles. The van der Waals surface area contributed by atoms with Gasteiger partial charge in [-0.2, -0.15) is 0 Å². The summed E-state index contributed by atoms with van der Waals surface area (Å²) in [7, 11) is 0. The fraction of sp³-hybridized carbons (Fsp3) is 0.381. The van der Waals surface area contributed by atoms with Crippen LogP contribution < -0.4 is 10.1 Å². The van der Waals surface area contributed by atoms with E-state index in [1.807, 2.05) is 0 Å². The number of carbonyl (C=O) groups excluding carboxylic acids is 2. The number of carboxylic acid groups (broad SMARTS) is 1. The second-order valence-corrected chi connectivity index (χ2v) is 9.57. The molecule has 2 heterocycles. The highest BCUT2D eigenvalue weighted by atomic mass is 32.2. The lowest BCUT2D eigenvalue weighted by Crippen LogP contribution is -2.70. The first kappa shape index (κ1) is 20.3. The Labute approximate surface area is 177 Å². The number of phenols is 1. The summed E-state index contributed by atoms with van der Waals surface area (Å²) in [5.41, 5.74) is 0.149. The largest absolute Gasteiger partial charge is 0.504 e. The van der Waals surface area contributed by atoms with Crippen LogP contribution in [0.1, 0.15) is 31.1 Å². The summed E-state index contributed by atoms with van der Waals surface area (Å²) in [6.07, 6.45) is 0. The van der Waals surface area contributed by atoms with Gasteiger partial charge in [-0.15, -0.1) is 11.8 Å². The summed E-state index contributed by atoms with van der Waals surface area (Å²) in [5.74, 6) is -2.16. The minimum Gasteiger partial charge on any atom is -0.504 e. The normalized spacial score (nSPS) is 24.3. The minimum atomic E-state index is -1.06. The third-order valence-corrected chi connectivity index (χ3v) is 7.03. The number of carbonyl (C=O) groups is 3. The molecule has 2 saturated heterocycles. The average molecular weight is 430 g/mol. The first-order chi connectivity index (χ1) is 14.2. The number of β-lactam (4-membered cyclic amide) rings is 1. The van der Waals surface area contributed by atoms with E-state index < -0.39 is 40.0 Å². The van der Waals surface area contributed by atoms with Crippen molar-refractivity contribution in [3.63, 3.8) is 0 Å². The Morgan fingerprint density at radius 1 is 1.30 bits per heavy atom. The lowest BCUT2D eigenvalue weighted by molar-refractivity contribution is -0.159. The molecule has 0 aliphatic carbocycles. The van der Waals surface area contributed by atoms with E-state index in [1.165, 1.54) is 22.7 Å². The zero-order chi connectivity index (χ0) is 21.8. The highest BCUT2D eigenvalue weighted by Gasteiger charge is 2.64. The molecule has 9 heteroatoms. The van der Waals surface area contributed by atoms with Crippen LogP contribution in [0, 0.1) is 0 Å². The number of aromatic hydroxyl groups is 1. The van der Waals surface area contributed by atoms with Crippen molar-refractivity contribution in [3.05, 3.63) is 35.9 Å². The van der Waals surface area contributed by atoms with Gasteiger partial charge < -0.3 is 25.2 Å². The molecule has 3 N–H and O–H groups in total. The second kappa shape index (κ2) is 7.09. The van der Waals surface area contributed by atoms with Gasteiger partial charge in [0.25, 0.3) is 5.91 Å². The zero-order valence-electron chi connectivity index (χ0n) is 16.7. The molecule has 2 aromatic carbocycles. The first-order valence-electron chi connectivity index (χ1n) is 9.58. The number of carboxylic acids is 1. The number of thioether (sulfide) groups is 1. The highest BCUT2D eigenvalue weighted by molar-refractivity contribution is 8.01. The van der Waals surface area contributed by atoms with E-state index in [0.717, 1.165) is 0 Å². The van der Waals surface area contributed by atoms with Crippen LogP contribution in [0.4, 0.5) is 0 Å². The molecule has 2 aromatic rings. The van der Waals surface area contributed by atoms with E-state index in [2.05, 4.69) is 5.32 Å². The van der Waals surface area contributed by atoms with Crippen molar-refractivity contribution in [2.45, 2.75) is 43.0 Å². The highest BCUT2D eigenvalue weighted by Crippen LogP contribution is 2.51. The molecule has 0 bridgehead atoms. The molecule has 0 unspecified atom stereocenters. The number of fused-ring (bicyclic) bond motifs is 2. The van der Waals surface area contributed by atoms with E-state index >= 15 is 0 Å². The molecule has 2 fully saturated rings. The summed E-state index contributed by atoms with van der Waals surface area (Å²) in [5, 5.41) is 23.5. The van der Waals surface area contributed by atoms with Crippen molar-refractivity contribution in [2.24, 2.45) is 0 Å². The number of hydrogen-bond donors (Lipinski definition) is 3. The van der Waals surface area contributed by atoms with Crippen molar-refractivity contribution in [2.75, 3.05) is 6.61 Å². The third-order valence-electron chi connectivity index (χ3n) is 5.46. The summed E-state index contributed by atoms with van der Waals surface area (Å²) >= 11 is 1.35. The van der Waals surface area contributed by atoms with Gasteiger partial charge in [0.05, 0.1) is 12.2 Å². The third kappa shape index (κ3) is 2.96. The fourth-order valence-electron chi connectivity index (χ4n) is 4.19. The average Bonchev–Trinajstić information content (AvgIpc) is 2.94. The molecule has 2 amide bonds. The van der Waals surface area contributed by atoms with Gasteiger partial charge in [0, 0.05) is 4.75 Å². The van der Waals surface area contributed by atoms with Gasteiger partial charge in [-0.05, 0) is 37.6 Å². The lowest BCUT2D eigenvalue weighted by atomic mass is 9.95. The Morgan fingerprint density at radius 2 is 2.00 bits per heavy atom. The molecule has 0 radical (unpaired) electrons. The quantitative estimate of drug-likeness (QED) is 0.623. The number of ether oxygens (including phenoxy) is 1. The maximum atomic E-state index is 13.2. The van der Waals surface area contributed by atoms with Crippen molar-refractivity contribution >= 4 is 40.3 Å². The maximum Gasteiger partial charge on any atom is 0.327 e. The van der Waals surface area contributed by atoms with Gasteiger partial charge >= 0.3 is 5.97 Å². The van der Waals surface area contributed by atoms with Crippen LogP contribution in [0.25, 0.3) is 10.8 Å². The van der Waals surface area contributed by atoms with E-state index in [9.17, 15) is 24.6 Å². The molecule has 4 rings (SSSR count). The molecular formula is C21H22N2O6S. The fourth-order valence-corrected chi connectivity index (χ4v) is 5.81. The number of amides is 2. The van der Waals surface area contributed by atoms with Crippen LogP contribution in [-0.2, 0) is 9.59 Å². The van der Waals surface area contributed by atoms with Gasteiger partial charge in [0.1, 0.15) is 17.5 Å². The van der Waals surface area contributed by atoms with Gasteiger partial charge in [-0.3, -0.25) is 9.59 Å². The summed E-state index contributed by atoms with van der Waals surface area (Å²) < 4.78 is 4.86. The Bertz CT molecular complexity index is 1070. The van der Waals surface area contributed by atoms with Gasteiger partial charge in [0.15, 0.2) is 11.5 Å². The standard InChI is InChI=1S/C21H22N2O6S/c1-4-29-15-12(24)9-10-7-5-6-8-11(10)13(15)17(25)22-14-18(26)23-16(20(27)28)21(2,3)30-19(14)23/h5-9,14,16,19,24H,4H2,1-3H3,(H,22,25)(H,27,28)/t14-,16+,19-/m1/s1. The van der Waals surface area contributed by atoms with Crippen LogP contribution in [0.3, 0.4) is 0 Å². The number of benzene rings is 2. The molecule has 0 saturated carbocycles. The van der Waals surface area contributed by atoms with Crippen molar-refractivity contribution in [3.8, 4) is 11.5 Å². The number of nitrogens with zero attached hydrogens (tertiary/aromatic N) is 1. The summed E-state index contributed by atoms with van der Waals surface area (Å²) in [6, 6.07) is 6.81. The van der Waals surface area contributed by atoms with Crippen LogP contribution in [0.2, 0.25) is 0 Å². The van der Waals surface area contributed by atoms with Gasteiger partial charge in [0.2, 0.25) is 5.91 Å². The zero-order valence-corrected chi connectivity index (χ0v) is 17.5. The Hall–Kier alpha value is -2.94. The van der Waals surface area contributed by atoms with E-state index in [4.69, 9.17) is 4.74 Å². The van der Waals surface area contributed by atoms with Crippen LogP contribution in [-0.4, -0.2) is 61.7 Å². The second-order valence-electron chi connectivity index (χ2n) is 7.80. The van der Waals surface area contributed by atoms with Crippen LogP contribution in [0.5, 0.6) is 11.5 Å². The maximum absolute atomic E-state index is 13.2. The molecule has 30 heavy (non-hydrogen) atoms. The van der Waals surface area contributed by atoms with Crippen molar-refractivity contribution < 1.29 is 29.3 Å². The van der Waals surface area contributed by atoms with Gasteiger partial charge in [-0.25, -0.2) is 4.79 Å². The van der Waals surface area contributed by atoms with Crippen LogP contribution in [0.15, 0.2) is 30.3 Å². The topological polar surface area (TPSA) is 116 Å². The number of phenolic OH excluding ortho intramolecular Hbond substituents is 1. The van der Waals surface area contributed by atoms with Crippen molar-refractivity contribution in [1.82, 2.24) is 10.2 Å². The molecule has 0 spiro atoms. The van der Waals surface area contributed by atoms with Crippen LogP contribution >= 0.6 is 11.8 Å². The summed E-state index contributed by atoms with van der Waals surface area (Å²) in [6.45, 7) is 5.54. The molecule has 158 valence electrons. The minimum absolute atomic E-state index is 0.0557. The Kier molecular flexibility index (Phi) is 4.80. The molecule has 8 nitrogen and oxygen atoms in total. The van der Waals surface area contributed by atoms with Crippen molar-refractivity contribution in [1.29, 1.82) is 0 Å². The predicted molar refractivity (Wildman–Crippen MR) is 112 cm³/mol. The lowest BCUT2D eigenvalue weighted by Gasteiger charge is -2.43. The van der Waals surface area contributed by atoms with E-state index in [1.54, 1.807) is 45.0 Å². The van der Waals surface area contributed by atoms with Gasteiger partial charge in [-0.1, -0.05) is 24.3 Å². The van der Waals surface area contributed by atoms with E-state index in [0.29, 0.717) is 10.8 Å². The Morgan fingerprint density at radius 3 is 2.67 bits per heavy atom. The SMILES string of the molecule is CCOc1c(O)cc2ccccc2c1C(=O)N[C@@H]1C(=O)N2[C@@H]1SC(C)(C)[C@@H]2C(=O)O. The monoisotopic (exact) mass is 430 g/mol. The molecule has 0 aromatic heterocycles. The molecule has 2 aliphatic rings. The number of nitrogens with one attached hydrogen (secondary N) is 1. The number of aliphatic carboxylic acids is 1. The smallest absolute Gasteiger partial charge is 0.327 e. The number of hydrogen-bond acceptors (Lipinski definition) is 6. The first-order valence-corrected chi connectivity index (χ1v) is 10.5. The van der Waals surface area contributed by atoms with E-state index in [-0.39, 0.29) is 23.7 Å². The predicted octanol–water partition coefficient (Wildman–Crippen LogP) is 2.19. The summed E-state index contributed by atoms with van der Waals surface area (Å²) in [4.78, 5) is 38.9. The number of rotatable bonds is 5. The molecular weight excluding hydrogens is 408 g/mol. The Balaban J connectivity index is 1.68.